The van der Waals surface area contributed by atoms with Crippen LogP contribution in [0.25, 0.3) is 17.4 Å². The summed E-state index contributed by atoms with van der Waals surface area (Å²) in [5, 5.41) is 12.6. The zero-order chi connectivity index (χ0) is 17.0. The van der Waals surface area contributed by atoms with E-state index in [0.717, 1.165) is 0 Å². The molecule has 4 nitrogen and oxygen atoms in total. The van der Waals surface area contributed by atoms with Crippen LogP contribution in [0.1, 0.15) is 19.6 Å². The Kier molecular flexibility index (Phi) is 5.49. The van der Waals surface area contributed by atoms with Crippen LogP contribution in [0.5, 0.6) is 0 Å². The third kappa shape index (κ3) is 4.16. The van der Waals surface area contributed by atoms with E-state index in [1.165, 1.54) is 6.08 Å². The van der Waals surface area contributed by atoms with Gasteiger partial charge in [-0.25, -0.2) is 0 Å². The molecule has 2 rings (SSSR count). The lowest BCUT2D eigenvalue weighted by atomic mass is 10.2. The molecule has 1 aromatic heterocycles. The second-order valence-electron chi connectivity index (χ2n) is 5.10. The van der Waals surface area contributed by atoms with Crippen molar-refractivity contribution in [3.63, 3.8) is 0 Å². The predicted molar refractivity (Wildman–Crippen MR) is 91.0 cm³/mol. The lowest BCUT2D eigenvalue weighted by Crippen LogP contribution is -2.30. The summed E-state index contributed by atoms with van der Waals surface area (Å²) in [6.45, 7) is 3.64. The van der Waals surface area contributed by atoms with Gasteiger partial charge in [-0.2, -0.15) is 5.26 Å². The average Bonchev–Trinajstić information content (AvgIpc) is 2.95. The van der Waals surface area contributed by atoms with Crippen LogP contribution < -0.4 is 5.32 Å². The van der Waals surface area contributed by atoms with Crippen molar-refractivity contribution < 1.29 is 9.21 Å². The maximum Gasteiger partial charge on any atom is 0.262 e. The van der Waals surface area contributed by atoms with Gasteiger partial charge in [0.25, 0.3) is 5.91 Å². The fourth-order valence-corrected chi connectivity index (χ4v) is 2.29. The fourth-order valence-electron chi connectivity index (χ4n) is 1.90. The molecule has 0 unspecified atom stereocenters. The molecule has 2 aromatic rings. The smallest absolute Gasteiger partial charge is 0.262 e. The quantitative estimate of drug-likeness (QED) is 0.643. The molecule has 0 aliphatic heterocycles. The lowest BCUT2D eigenvalue weighted by molar-refractivity contribution is -0.117. The summed E-state index contributed by atoms with van der Waals surface area (Å²) in [6.07, 6.45) is 1.39. The predicted octanol–water partition coefficient (Wildman–Crippen LogP) is 4.68. The lowest BCUT2D eigenvalue weighted by Gasteiger charge is -2.06. The van der Waals surface area contributed by atoms with Gasteiger partial charge < -0.3 is 9.73 Å². The van der Waals surface area contributed by atoms with E-state index in [2.05, 4.69) is 5.32 Å². The SMILES string of the molecule is CC(C)NC(=O)C(C#N)=Cc1ccc(-c2cccc(Cl)c2Cl)o1. The first kappa shape index (κ1) is 17.1. The second-order valence-corrected chi connectivity index (χ2v) is 5.89. The molecule has 0 spiro atoms. The van der Waals surface area contributed by atoms with Gasteiger partial charge in [-0.3, -0.25) is 4.79 Å². The van der Waals surface area contributed by atoms with Crippen molar-refractivity contribution >= 4 is 35.2 Å². The van der Waals surface area contributed by atoms with E-state index in [4.69, 9.17) is 32.9 Å². The highest BCUT2D eigenvalue weighted by Crippen LogP contribution is 2.34. The second kappa shape index (κ2) is 7.36. The van der Waals surface area contributed by atoms with Crippen molar-refractivity contribution in [2.24, 2.45) is 0 Å². The van der Waals surface area contributed by atoms with Crippen LogP contribution in [0.3, 0.4) is 0 Å². The maximum atomic E-state index is 11.9. The van der Waals surface area contributed by atoms with Crippen molar-refractivity contribution in [3.05, 3.63) is 51.7 Å². The normalized spacial score (nSPS) is 11.4. The molecule has 0 aliphatic carbocycles. The maximum absolute atomic E-state index is 11.9. The van der Waals surface area contributed by atoms with Gasteiger partial charge in [0.2, 0.25) is 0 Å². The largest absolute Gasteiger partial charge is 0.457 e. The van der Waals surface area contributed by atoms with Gasteiger partial charge in [0.05, 0.1) is 10.0 Å². The van der Waals surface area contributed by atoms with Crippen LogP contribution in [0.2, 0.25) is 10.0 Å². The molecular formula is C17H14Cl2N2O2. The number of hydrogen-bond acceptors (Lipinski definition) is 3. The highest BCUT2D eigenvalue weighted by Gasteiger charge is 2.13. The van der Waals surface area contributed by atoms with E-state index >= 15 is 0 Å². The minimum Gasteiger partial charge on any atom is -0.457 e. The molecule has 0 atom stereocenters. The van der Waals surface area contributed by atoms with Crippen LogP contribution in [0.15, 0.2) is 40.3 Å². The molecular weight excluding hydrogens is 335 g/mol. The number of nitrogens with zero attached hydrogens (tertiary/aromatic N) is 1. The number of benzene rings is 1. The Labute approximate surface area is 144 Å². The van der Waals surface area contributed by atoms with Gasteiger partial charge in [0, 0.05) is 17.7 Å². The molecule has 1 aromatic carbocycles. The van der Waals surface area contributed by atoms with Crippen molar-refractivity contribution in [1.29, 1.82) is 5.26 Å². The molecule has 118 valence electrons. The van der Waals surface area contributed by atoms with Crippen molar-refractivity contribution in [3.8, 4) is 17.4 Å². The third-order valence-electron chi connectivity index (χ3n) is 2.92. The van der Waals surface area contributed by atoms with Crippen molar-refractivity contribution in [2.75, 3.05) is 0 Å². The van der Waals surface area contributed by atoms with E-state index in [1.54, 1.807) is 30.3 Å². The molecule has 1 heterocycles. The summed E-state index contributed by atoms with van der Waals surface area (Å²) in [5.41, 5.74) is 0.612. The van der Waals surface area contributed by atoms with Crippen molar-refractivity contribution in [2.45, 2.75) is 19.9 Å². The van der Waals surface area contributed by atoms with Crippen LogP contribution >= 0.6 is 23.2 Å². The van der Waals surface area contributed by atoms with Crippen molar-refractivity contribution in [1.82, 2.24) is 5.32 Å². The zero-order valence-corrected chi connectivity index (χ0v) is 14.1. The highest BCUT2D eigenvalue weighted by molar-refractivity contribution is 6.43. The van der Waals surface area contributed by atoms with Gasteiger partial charge in [-0.1, -0.05) is 29.3 Å². The molecule has 23 heavy (non-hydrogen) atoms. The summed E-state index contributed by atoms with van der Waals surface area (Å²) in [6, 6.07) is 10.4. The Morgan fingerprint density at radius 3 is 2.70 bits per heavy atom. The number of furan rings is 1. The minimum atomic E-state index is -0.443. The molecule has 0 saturated heterocycles. The van der Waals surface area contributed by atoms with Crippen LogP contribution in [0, 0.1) is 11.3 Å². The number of halogens is 2. The Bertz CT molecular complexity index is 801. The van der Waals surface area contributed by atoms with Gasteiger partial charge in [0.15, 0.2) is 0 Å². The Morgan fingerprint density at radius 1 is 1.30 bits per heavy atom. The molecule has 0 bridgehead atoms. The zero-order valence-electron chi connectivity index (χ0n) is 12.6. The molecule has 0 aliphatic rings. The molecule has 0 radical (unpaired) electrons. The first-order valence-electron chi connectivity index (χ1n) is 6.89. The van der Waals surface area contributed by atoms with Gasteiger partial charge >= 0.3 is 0 Å². The van der Waals surface area contributed by atoms with E-state index in [0.29, 0.717) is 27.1 Å². The van der Waals surface area contributed by atoms with E-state index in [1.807, 2.05) is 19.9 Å². The number of nitrogens with one attached hydrogen (secondary N) is 1. The van der Waals surface area contributed by atoms with Gasteiger partial charge in [-0.05, 0) is 38.1 Å². The fraction of sp³-hybridized carbons (Fsp3) is 0.176. The first-order chi connectivity index (χ1) is 10.9. The standard InChI is InChI=1S/C17H14Cl2N2O2/c1-10(2)21-17(22)11(9-20)8-12-6-7-15(23-12)13-4-3-5-14(18)16(13)19/h3-8,10H,1-2H3,(H,21,22). The number of carbonyl (C=O) groups is 1. The first-order valence-corrected chi connectivity index (χ1v) is 7.65. The Hall–Kier alpha value is -2.22. The summed E-state index contributed by atoms with van der Waals surface area (Å²) >= 11 is 12.1. The van der Waals surface area contributed by atoms with Crippen LogP contribution in [0.4, 0.5) is 0 Å². The molecule has 1 N–H and O–H groups in total. The third-order valence-corrected chi connectivity index (χ3v) is 3.73. The number of nitriles is 1. The Morgan fingerprint density at radius 2 is 2.04 bits per heavy atom. The summed E-state index contributed by atoms with van der Waals surface area (Å²) in [7, 11) is 0. The van der Waals surface area contributed by atoms with Gasteiger partial charge in [-0.15, -0.1) is 0 Å². The molecule has 6 heteroatoms. The van der Waals surface area contributed by atoms with E-state index in [9.17, 15) is 4.79 Å². The minimum absolute atomic E-state index is 0.0307. The Balaban J connectivity index is 2.32. The van der Waals surface area contributed by atoms with Crippen LogP contribution in [-0.4, -0.2) is 11.9 Å². The van der Waals surface area contributed by atoms with E-state index < -0.39 is 5.91 Å². The topological polar surface area (TPSA) is 66.0 Å². The number of amides is 1. The summed E-state index contributed by atoms with van der Waals surface area (Å²) < 4.78 is 5.64. The van der Waals surface area contributed by atoms with Crippen LogP contribution in [-0.2, 0) is 4.79 Å². The molecule has 1 amide bonds. The number of hydrogen-bond donors (Lipinski definition) is 1. The summed E-state index contributed by atoms with van der Waals surface area (Å²) in [4.78, 5) is 11.9. The van der Waals surface area contributed by atoms with E-state index in [-0.39, 0.29) is 11.6 Å². The monoisotopic (exact) mass is 348 g/mol. The van der Waals surface area contributed by atoms with Gasteiger partial charge in [0.1, 0.15) is 23.2 Å². The number of rotatable bonds is 4. The summed E-state index contributed by atoms with van der Waals surface area (Å²) in [5.74, 6) is 0.443. The molecule has 0 saturated carbocycles. The number of carbonyl (C=O) groups excluding carboxylic acids is 1. The average molecular weight is 349 g/mol. The molecule has 0 fully saturated rings. The highest BCUT2D eigenvalue weighted by atomic mass is 35.5.